The van der Waals surface area contributed by atoms with Crippen LogP contribution < -0.4 is 5.32 Å². The summed E-state index contributed by atoms with van der Waals surface area (Å²) in [4.78, 5) is 0. The average Bonchev–Trinajstić information content (AvgIpc) is 2.67. The van der Waals surface area contributed by atoms with E-state index >= 15 is 0 Å². The quantitative estimate of drug-likeness (QED) is 0.728. The van der Waals surface area contributed by atoms with E-state index in [0.717, 1.165) is 16.5 Å². The maximum Gasteiger partial charge on any atom is 0.0146 e. The van der Waals surface area contributed by atoms with Crippen molar-refractivity contribution in [1.29, 1.82) is 0 Å². The fraction of sp³-hybridized carbons (Fsp3) is 1.00. The summed E-state index contributed by atoms with van der Waals surface area (Å²) in [5, 5.41) is 5.27. The van der Waals surface area contributed by atoms with Crippen LogP contribution in [0.3, 0.4) is 0 Å². The van der Waals surface area contributed by atoms with E-state index in [0.29, 0.717) is 0 Å². The van der Waals surface area contributed by atoms with Gasteiger partial charge in [0.25, 0.3) is 0 Å². The third-order valence-corrected chi connectivity index (χ3v) is 4.52. The summed E-state index contributed by atoms with van der Waals surface area (Å²) >= 11 is 2.12. The number of rotatable bonds is 6. The molecule has 1 saturated carbocycles. The Kier molecular flexibility index (Phi) is 5.95. The molecule has 0 aromatic heterocycles. The molecule has 0 aromatic carbocycles. The Labute approximate surface area is 93.4 Å². The lowest BCUT2D eigenvalue weighted by atomic mass is 10.2. The van der Waals surface area contributed by atoms with Crippen molar-refractivity contribution in [2.75, 3.05) is 6.54 Å². The SMILES string of the molecule is CCC(C)SC(C)CNC1CCCC1. The van der Waals surface area contributed by atoms with Crippen molar-refractivity contribution in [3.05, 3.63) is 0 Å². The average molecular weight is 215 g/mol. The predicted molar refractivity (Wildman–Crippen MR) is 67.1 cm³/mol. The van der Waals surface area contributed by atoms with Crippen molar-refractivity contribution in [3.63, 3.8) is 0 Å². The van der Waals surface area contributed by atoms with Gasteiger partial charge in [-0.25, -0.2) is 0 Å². The molecule has 0 spiro atoms. The minimum absolute atomic E-state index is 0.769. The standard InChI is InChI=1S/C12H25NS/c1-4-10(2)14-11(3)9-13-12-7-5-6-8-12/h10-13H,4-9H2,1-3H3. The summed E-state index contributed by atoms with van der Waals surface area (Å²) in [5.41, 5.74) is 0. The molecule has 1 aliphatic rings. The number of hydrogen-bond acceptors (Lipinski definition) is 2. The highest BCUT2D eigenvalue weighted by molar-refractivity contribution is 8.00. The zero-order valence-corrected chi connectivity index (χ0v) is 10.7. The van der Waals surface area contributed by atoms with E-state index in [1.165, 1.54) is 38.6 Å². The van der Waals surface area contributed by atoms with Gasteiger partial charge >= 0.3 is 0 Å². The smallest absolute Gasteiger partial charge is 0.0146 e. The Balaban J connectivity index is 2.04. The van der Waals surface area contributed by atoms with Crippen molar-refractivity contribution in [2.24, 2.45) is 0 Å². The van der Waals surface area contributed by atoms with Crippen molar-refractivity contribution in [2.45, 2.75) is 69.4 Å². The maximum absolute atomic E-state index is 3.69. The van der Waals surface area contributed by atoms with Gasteiger partial charge in [-0.2, -0.15) is 11.8 Å². The summed E-state index contributed by atoms with van der Waals surface area (Å²) < 4.78 is 0. The molecule has 0 amide bonds. The first-order valence-electron chi connectivity index (χ1n) is 6.11. The van der Waals surface area contributed by atoms with Gasteiger partial charge in [0.05, 0.1) is 0 Å². The Morgan fingerprint density at radius 3 is 2.43 bits per heavy atom. The van der Waals surface area contributed by atoms with Gasteiger partial charge in [-0.3, -0.25) is 0 Å². The van der Waals surface area contributed by atoms with Crippen LogP contribution in [0.5, 0.6) is 0 Å². The highest BCUT2D eigenvalue weighted by Gasteiger charge is 2.15. The number of thioether (sulfide) groups is 1. The lowest BCUT2D eigenvalue weighted by Gasteiger charge is -2.19. The van der Waals surface area contributed by atoms with Crippen LogP contribution in [0.25, 0.3) is 0 Å². The van der Waals surface area contributed by atoms with Crippen molar-refractivity contribution < 1.29 is 0 Å². The van der Waals surface area contributed by atoms with E-state index in [2.05, 4.69) is 37.8 Å². The molecule has 1 N–H and O–H groups in total. The van der Waals surface area contributed by atoms with E-state index in [9.17, 15) is 0 Å². The van der Waals surface area contributed by atoms with Crippen molar-refractivity contribution >= 4 is 11.8 Å². The molecule has 0 saturated heterocycles. The summed E-state index contributed by atoms with van der Waals surface area (Å²) in [6.07, 6.45) is 6.97. The van der Waals surface area contributed by atoms with Gasteiger partial charge in [0, 0.05) is 23.1 Å². The molecule has 0 bridgehead atoms. The first-order valence-corrected chi connectivity index (χ1v) is 7.05. The lowest BCUT2D eigenvalue weighted by Crippen LogP contribution is -2.32. The van der Waals surface area contributed by atoms with Crippen LogP contribution in [-0.4, -0.2) is 23.1 Å². The lowest BCUT2D eigenvalue weighted by molar-refractivity contribution is 0.527. The van der Waals surface area contributed by atoms with Crippen LogP contribution in [0, 0.1) is 0 Å². The second-order valence-electron chi connectivity index (χ2n) is 4.56. The minimum Gasteiger partial charge on any atom is -0.313 e. The zero-order chi connectivity index (χ0) is 10.4. The van der Waals surface area contributed by atoms with Gasteiger partial charge in [0.15, 0.2) is 0 Å². The molecule has 0 aliphatic heterocycles. The van der Waals surface area contributed by atoms with E-state index in [1.807, 2.05) is 0 Å². The first kappa shape index (κ1) is 12.4. The molecule has 2 unspecified atom stereocenters. The third kappa shape index (κ3) is 4.70. The highest BCUT2D eigenvalue weighted by atomic mass is 32.2. The van der Waals surface area contributed by atoms with Crippen molar-refractivity contribution in [3.8, 4) is 0 Å². The number of hydrogen-bond donors (Lipinski definition) is 1. The Morgan fingerprint density at radius 2 is 1.86 bits per heavy atom. The fourth-order valence-corrected chi connectivity index (χ4v) is 3.18. The van der Waals surface area contributed by atoms with E-state index in [1.54, 1.807) is 0 Å². The first-order chi connectivity index (χ1) is 6.72. The minimum atomic E-state index is 0.769. The van der Waals surface area contributed by atoms with Crippen LogP contribution in [0.2, 0.25) is 0 Å². The normalized spacial score (nSPS) is 22.5. The van der Waals surface area contributed by atoms with Crippen LogP contribution in [0.15, 0.2) is 0 Å². The van der Waals surface area contributed by atoms with E-state index in [4.69, 9.17) is 0 Å². The van der Waals surface area contributed by atoms with Crippen molar-refractivity contribution in [1.82, 2.24) is 5.32 Å². The van der Waals surface area contributed by atoms with Gasteiger partial charge in [0.2, 0.25) is 0 Å². The Morgan fingerprint density at radius 1 is 1.21 bits per heavy atom. The van der Waals surface area contributed by atoms with Crippen LogP contribution in [-0.2, 0) is 0 Å². The monoisotopic (exact) mass is 215 g/mol. The van der Waals surface area contributed by atoms with Gasteiger partial charge in [-0.1, -0.05) is 33.6 Å². The second kappa shape index (κ2) is 6.73. The molecule has 1 nitrogen and oxygen atoms in total. The molecule has 1 rings (SSSR count). The molecule has 14 heavy (non-hydrogen) atoms. The third-order valence-electron chi connectivity index (χ3n) is 3.09. The Hall–Kier alpha value is 0.310. The molecule has 84 valence electrons. The maximum atomic E-state index is 3.69. The van der Waals surface area contributed by atoms with Gasteiger partial charge in [0.1, 0.15) is 0 Å². The number of nitrogens with one attached hydrogen (secondary N) is 1. The zero-order valence-electron chi connectivity index (χ0n) is 9.88. The molecule has 2 heteroatoms. The largest absolute Gasteiger partial charge is 0.313 e. The van der Waals surface area contributed by atoms with Gasteiger partial charge < -0.3 is 5.32 Å². The van der Waals surface area contributed by atoms with Crippen LogP contribution in [0.4, 0.5) is 0 Å². The molecule has 0 heterocycles. The van der Waals surface area contributed by atoms with E-state index in [-0.39, 0.29) is 0 Å². The molecule has 0 aromatic rings. The predicted octanol–water partition coefficient (Wildman–Crippen LogP) is 3.44. The molecule has 2 atom stereocenters. The molecule has 0 radical (unpaired) electrons. The van der Waals surface area contributed by atoms with Crippen LogP contribution in [0.1, 0.15) is 52.9 Å². The highest BCUT2D eigenvalue weighted by Crippen LogP contribution is 2.21. The molecular weight excluding hydrogens is 190 g/mol. The fourth-order valence-electron chi connectivity index (χ4n) is 2.00. The summed E-state index contributed by atoms with van der Waals surface area (Å²) in [5.74, 6) is 0. The summed E-state index contributed by atoms with van der Waals surface area (Å²) in [7, 11) is 0. The summed E-state index contributed by atoms with van der Waals surface area (Å²) in [6, 6.07) is 0.829. The Bertz CT molecular complexity index is 143. The van der Waals surface area contributed by atoms with Gasteiger partial charge in [-0.15, -0.1) is 0 Å². The molecular formula is C12H25NS. The van der Waals surface area contributed by atoms with Gasteiger partial charge in [-0.05, 0) is 19.3 Å². The summed E-state index contributed by atoms with van der Waals surface area (Å²) in [6.45, 7) is 8.14. The molecule has 1 fully saturated rings. The van der Waals surface area contributed by atoms with E-state index < -0.39 is 0 Å². The topological polar surface area (TPSA) is 12.0 Å². The van der Waals surface area contributed by atoms with Crippen LogP contribution >= 0.6 is 11.8 Å². The second-order valence-corrected chi connectivity index (χ2v) is 6.44. The molecule has 1 aliphatic carbocycles.